The van der Waals surface area contributed by atoms with Crippen LogP contribution in [0.15, 0.2) is 0 Å². The molecule has 0 aliphatic carbocycles. The maximum absolute atomic E-state index is 5.65. The fourth-order valence-electron chi connectivity index (χ4n) is 2.44. The lowest BCUT2D eigenvalue weighted by Gasteiger charge is -2.39. The molecule has 2 unspecified atom stereocenters. The summed E-state index contributed by atoms with van der Waals surface area (Å²) in [5.41, 5.74) is 0. The molecule has 0 radical (unpaired) electrons. The fraction of sp³-hybridized carbons (Fsp3) is 1.00. The monoisotopic (exact) mass is 242 g/mol. The molecule has 1 saturated heterocycles. The number of nitrogens with zero attached hydrogens (tertiary/aromatic N) is 1. The molecule has 0 bridgehead atoms. The van der Waals surface area contributed by atoms with E-state index in [2.05, 4.69) is 44.8 Å². The number of piperazine rings is 1. The Hall–Kier alpha value is -0.120. The van der Waals surface area contributed by atoms with E-state index in [-0.39, 0.29) is 0 Å². The second-order valence-corrected chi connectivity index (χ2v) is 6.00. The molecule has 0 aromatic heterocycles. The van der Waals surface area contributed by atoms with Gasteiger partial charge in [0.25, 0.3) is 0 Å². The Bertz CT molecular complexity index is 206. The largest absolute Gasteiger partial charge is 0.377 e. The molecule has 1 aliphatic rings. The van der Waals surface area contributed by atoms with E-state index in [1.54, 1.807) is 0 Å². The van der Waals surface area contributed by atoms with Gasteiger partial charge in [0.05, 0.1) is 12.7 Å². The van der Waals surface area contributed by atoms with Crippen molar-refractivity contribution in [2.75, 3.05) is 26.2 Å². The highest BCUT2D eigenvalue weighted by atomic mass is 16.5. The Kier molecular flexibility index (Phi) is 6.45. The Morgan fingerprint density at radius 1 is 1.29 bits per heavy atom. The SMILES string of the molecule is CC(C)CC1CN(CCOC(C)C)C(C)CN1. The quantitative estimate of drug-likeness (QED) is 0.772. The minimum atomic E-state index is 0.347. The minimum absolute atomic E-state index is 0.347. The Morgan fingerprint density at radius 2 is 2.00 bits per heavy atom. The van der Waals surface area contributed by atoms with Crippen molar-refractivity contribution in [3.05, 3.63) is 0 Å². The van der Waals surface area contributed by atoms with Crippen molar-refractivity contribution in [1.82, 2.24) is 10.2 Å². The molecule has 3 heteroatoms. The predicted octanol–water partition coefficient (Wildman–Crippen LogP) is 2.12. The van der Waals surface area contributed by atoms with Crippen LogP contribution in [0.4, 0.5) is 0 Å². The molecular weight excluding hydrogens is 212 g/mol. The Balaban J connectivity index is 2.30. The highest BCUT2D eigenvalue weighted by Crippen LogP contribution is 2.12. The molecule has 0 aromatic carbocycles. The molecule has 1 fully saturated rings. The van der Waals surface area contributed by atoms with E-state index >= 15 is 0 Å². The van der Waals surface area contributed by atoms with Gasteiger partial charge < -0.3 is 10.1 Å². The van der Waals surface area contributed by atoms with Gasteiger partial charge in [0.15, 0.2) is 0 Å². The van der Waals surface area contributed by atoms with Crippen LogP contribution in [-0.4, -0.2) is 49.3 Å². The zero-order valence-corrected chi connectivity index (χ0v) is 12.2. The van der Waals surface area contributed by atoms with E-state index in [0.29, 0.717) is 18.2 Å². The highest BCUT2D eigenvalue weighted by molar-refractivity contribution is 4.84. The van der Waals surface area contributed by atoms with Crippen molar-refractivity contribution in [3.8, 4) is 0 Å². The van der Waals surface area contributed by atoms with Gasteiger partial charge in [-0.1, -0.05) is 13.8 Å². The maximum Gasteiger partial charge on any atom is 0.0597 e. The zero-order valence-electron chi connectivity index (χ0n) is 12.2. The van der Waals surface area contributed by atoms with Crippen LogP contribution in [0, 0.1) is 5.92 Å². The molecule has 1 N–H and O–H groups in total. The van der Waals surface area contributed by atoms with Crippen molar-refractivity contribution in [2.24, 2.45) is 5.92 Å². The van der Waals surface area contributed by atoms with Gasteiger partial charge in [0.2, 0.25) is 0 Å². The van der Waals surface area contributed by atoms with E-state index in [1.807, 2.05) is 0 Å². The average molecular weight is 242 g/mol. The van der Waals surface area contributed by atoms with Crippen LogP contribution >= 0.6 is 0 Å². The molecule has 1 rings (SSSR count). The molecule has 102 valence electrons. The number of nitrogens with one attached hydrogen (secondary N) is 1. The molecular formula is C14H30N2O. The summed E-state index contributed by atoms with van der Waals surface area (Å²) in [7, 11) is 0. The molecule has 17 heavy (non-hydrogen) atoms. The van der Waals surface area contributed by atoms with Crippen LogP contribution in [0.1, 0.15) is 41.0 Å². The van der Waals surface area contributed by atoms with Crippen LogP contribution in [0.5, 0.6) is 0 Å². The molecule has 2 atom stereocenters. The normalized spacial score (nSPS) is 27.0. The summed E-state index contributed by atoms with van der Waals surface area (Å²) in [6, 6.07) is 1.29. The smallest absolute Gasteiger partial charge is 0.0597 e. The third-order valence-electron chi connectivity index (χ3n) is 3.37. The summed E-state index contributed by atoms with van der Waals surface area (Å²) in [5.74, 6) is 0.773. The molecule has 0 spiro atoms. The van der Waals surface area contributed by atoms with Crippen molar-refractivity contribution < 1.29 is 4.74 Å². The highest BCUT2D eigenvalue weighted by Gasteiger charge is 2.24. The Labute approximate surface area is 107 Å². The maximum atomic E-state index is 5.65. The zero-order chi connectivity index (χ0) is 12.8. The van der Waals surface area contributed by atoms with Gasteiger partial charge in [-0.2, -0.15) is 0 Å². The van der Waals surface area contributed by atoms with Gasteiger partial charge >= 0.3 is 0 Å². The van der Waals surface area contributed by atoms with Gasteiger partial charge in [0, 0.05) is 31.7 Å². The predicted molar refractivity (Wildman–Crippen MR) is 73.4 cm³/mol. The van der Waals surface area contributed by atoms with E-state index in [4.69, 9.17) is 4.74 Å². The first-order chi connectivity index (χ1) is 7.99. The van der Waals surface area contributed by atoms with Crippen LogP contribution in [0.25, 0.3) is 0 Å². The third-order valence-corrected chi connectivity index (χ3v) is 3.37. The second-order valence-electron chi connectivity index (χ2n) is 6.00. The Morgan fingerprint density at radius 3 is 2.59 bits per heavy atom. The second kappa shape index (κ2) is 7.34. The summed E-state index contributed by atoms with van der Waals surface area (Å²) in [6.45, 7) is 15.3. The lowest BCUT2D eigenvalue weighted by atomic mass is 10.0. The van der Waals surface area contributed by atoms with Crippen molar-refractivity contribution in [3.63, 3.8) is 0 Å². The molecule has 3 nitrogen and oxygen atoms in total. The number of rotatable bonds is 6. The first-order valence-electron chi connectivity index (χ1n) is 7.08. The third kappa shape index (κ3) is 5.84. The van der Waals surface area contributed by atoms with Crippen molar-refractivity contribution in [1.29, 1.82) is 0 Å². The lowest BCUT2D eigenvalue weighted by molar-refractivity contribution is 0.0382. The van der Waals surface area contributed by atoms with E-state index in [9.17, 15) is 0 Å². The number of hydrogen-bond acceptors (Lipinski definition) is 3. The fourth-order valence-corrected chi connectivity index (χ4v) is 2.44. The first kappa shape index (κ1) is 14.9. The summed E-state index contributed by atoms with van der Waals surface area (Å²) in [4.78, 5) is 2.56. The summed E-state index contributed by atoms with van der Waals surface area (Å²) >= 11 is 0. The first-order valence-corrected chi connectivity index (χ1v) is 7.08. The lowest BCUT2D eigenvalue weighted by Crippen LogP contribution is -2.56. The van der Waals surface area contributed by atoms with Crippen LogP contribution in [-0.2, 0) is 4.74 Å². The van der Waals surface area contributed by atoms with Gasteiger partial charge in [-0.25, -0.2) is 0 Å². The number of ether oxygens (including phenoxy) is 1. The van der Waals surface area contributed by atoms with E-state index < -0.39 is 0 Å². The molecule has 1 heterocycles. The molecule has 0 saturated carbocycles. The number of hydrogen-bond donors (Lipinski definition) is 1. The van der Waals surface area contributed by atoms with Crippen LogP contribution < -0.4 is 5.32 Å². The summed E-state index contributed by atoms with van der Waals surface area (Å²) < 4.78 is 5.65. The van der Waals surface area contributed by atoms with E-state index in [0.717, 1.165) is 25.6 Å². The van der Waals surface area contributed by atoms with Gasteiger partial charge in [0.1, 0.15) is 0 Å². The minimum Gasteiger partial charge on any atom is -0.377 e. The van der Waals surface area contributed by atoms with Crippen molar-refractivity contribution >= 4 is 0 Å². The summed E-state index contributed by atoms with van der Waals surface area (Å²) in [6.07, 6.45) is 1.62. The van der Waals surface area contributed by atoms with E-state index in [1.165, 1.54) is 13.0 Å². The standard InChI is InChI=1S/C14H30N2O/c1-11(2)8-14-10-16(13(5)9-15-14)6-7-17-12(3)4/h11-15H,6-10H2,1-5H3. The van der Waals surface area contributed by atoms with Crippen LogP contribution in [0.3, 0.4) is 0 Å². The van der Waals surface area contributed by atoms with Gasteiger partial charge in [-0.05, 0) is 33.1 Å². The molecule has 0 amide bonds. The van der Waals surface area contributed by atoms with Gasteiger partial charge in [-0.15, -0.1) is 0 Å². The van der Waals surface area contributed by atoms with Crippen LogP contribution in [0.2, 0.25) is 0 Å². The van der Waals surface area contributed by atoms with Crippen molar-refractivity contribution in [2.45, 2.75) is 59.2 Å². The summed E-state index contributed by atoms with van der Waals surface area (Å²) in [5, 5.41) is 3.65. The topological polar surface area (TPSA) is 24.5 Å². The molecule has 0 aromatic rings. The van der Waals surface area contributed by atoms with Gasteiger partial charge in [-0.3, -0.25) is 4.90 Å². The average Bonchev–Trinajstić information content (AvgIpc) is 2.21. The molecule has 1 aliphatic heterocycles.